The van der Waals surface area contributed by atoms with Gasteiger partial charge in [-0.3, -0.25) is 0 Å². The molecule has 4 aliphatic rings. The molecule has 128 valence electrons. The molecule has 4 aliphatic carbocycles. The van der Waals surface area contributed by atoms with Crippen molar-refractivity contribution in [1.29, 1.82) is 0 Å². The highest BCUT2D eigenvalue weighted by molar-refractivity contribution is 5.39. The Bertz CT molecular complexity index is 560. The van der Waals surface area contributed by atoms with Crippen LogP contribution in [0.3, 0.4) is 0 Å². The second-order valence-corrected chi connectivity index (χ2v) is 9.20. The van der Waals surface area contributed by atoms with E-state index in [1.165, 1.54) is 18.4 Å². The molecular weight excluding hydrogens is 284 g/mol. The van der Waals surface area contributed by atoms with Crippen LogP contribution in [0.15, 0.2) is 23.3 Å². The first-order valence-electron chi connectivity index (χ1n) is 9.62. The minimum atomic E-state index is -0.185. The Labute approximate surface area is 140 Å². The van der Waals surface area contributed by atoms with E-state index in [0.29, 0.717) is 11.8 Å². The zero-order valence-corrected chi connectivity index (χ0v) is 14.9. The van der Waals surface area contributed by atoms with Crippen LogP contribution in [0.2, 0.25) is 0 Å². The normalized spacial score (nSPS) is 50.3. The Morgan fingerprint density at radius 3 is 2.70 bits per heavy atom. The van der Waals surface area contributed by atoms with Crippen molar-refractivity contribution >= 4 is 0 Å². The number of allylic oxidation sites excluding steroid dienone is 3. The quantitative estimate of drug-likeness (QED) is 0.711. The molecule has 23 heavy (non-hydrogen) atoms. The van der Waals surface area contributed by atoms with Gasteiger partial charge < -0.3 is 10.2 Å². The van der Waals surface area contributed by atoms with E-state index in [9.17, 15) is 10.2 Å². The van der Waals surface area contributed by atoms with Crippen LogP contribution in [0.4, 0.5) is 0 Å². The van der Waals surface area contributed by atoms with Gasteiger partial charge in [-0.05, 0) is 75.0 Å². The lowest BCUT2D eigenvalue weighted by Gasteiger charge is -2.53. The molecule has 0 bridgehead atoms. The minimum Gasteiger partial charge on any atom is -0.393 e. The Morgan fingerprint density at radius 2 is 1.96 bits per heavy atom. The largest absolute Gasteiger partial charge is 0.393 e. The number of aliphatic hydroxyl groups excluding tert-OH is 2. The fourth-order valence-electron chi connectivity index (χ4n) is 6.78. The molecule has 2 N–H and O–H groups in total. The molecule has 7 atom stereocenters. The third kappa shape index (κ3) is 2.14. The maximum absolute atomic E-state index is 10.3. The van der Waals surface area contributed by atoms with Gasteiger partial charge in [-0.15, -0.1) is 0 Å². The average Bonchev–Trinajstić information content (AvgIpc) is 2.85. The van der Waals surface area contributed by atoms with Gasteiger partial charge in [0.05, 0.1) is 12.2 Å². The number of fused-ring (bicyclic) bond motifs is 5. The zero-order valence-electron chi connectivity index (χ0n) is 14.9. The smallest absolute Gasteiger partial charge is 0.0578 e. The van der Waals surface area contributed by atoms with Gasteiger partial charge >= 0.3 is 0 Å². The number of hydrogen-bond donors (Lipinski definition) is 2. The van der Waals surface area contributed by atoms with Crippen LogP contribution in [0.1, 0.15) is 65.7 Å². The fourth-order valence-corrected chi connectivity index (χ4v) is 6.78. The molecule has 0 amide bonds. The van der Waals surface area contributed by atoms with Crippen LogP contribution >= 0.6 is 0 Å². The highest BCUT2D eigenvalue weighted by atomic mass is 16.3. The Balaban J connectivity index is 1.70. The minimum absolute atomic E-state index is 0.133. The van der Waals surface area contributed by atoms with E-state index in [-0.39, 0.29) is 23.0 Å². The summed E-state index contributed by atoms with van der Waals surface area (Å²) in [6.45, 7) is 6.84. The maximum Gasteiger partial charge on any atom is 0.0578 e. The highest BCUT2D eigenvalue weighted by Gasteiger charge is 2.56. The molecule has 0 aromatic carbocycles. The van der Waals surface area contributed by atoms with Crippen molar-refractivity contribution in [3.63, 3.8) is 0 Å². The van der Waals surface area contributed by atoms with Gasteiger partial charge in [0, 0.05) is 5.41 Å². The van der Waals surface area contributed by atoms with Gasteiger partial charge in [-0.25, -0.2) is 0 Å². The summed E-state index contributed by atoms with van der Waals surface area (Å²) in [5.41, 5.74) is 3.65. The molecule has 0 spiro atoms. The topological polar surface area (TPSA) is 40.5 Å². The average molecular weight is 316 g/mol. The molecule has 0 aromatic heterocycles. The lowest BCUT2D eigenvalue weighted by Crippen LogP contribution is -2.45. The maximum atomic E-state index is 10.3. The van der Waals surface area contributed by atoms with Crippen LogP contribution in [0, 0.1) is 28.6 Å². The molecule has 2 unspecified atom stereocenters. The molecule has 0 aromatic rings. The second-order valence-electron chi connectivity index (χ2n) is 9.20. The summed E-state index contributed by atoms with van der Waals surface area (Å²) in [5, 5.41) is 20.3. The van der Waals surface area contributed by atoms with Crippen molar-refractivity contribution in [2.24, 2.45) is 28.6 Å². The van der Waals surface area contributed by atoms with Crippen molar-refractivity contribution in [3.8, 4) is 0 Å². The number of hydrogen-bond acceptors (Lipinski definition) is 2. The molecule has 2 nitrogen and oxygen atoms in total. The number of rotatable bonds is 1. The van der Waals surface area contributed by atoms with E-state index in [0.717, 1.165) is 38.0 Å². The fraction of sp³-hybridized carbons (Fsp3) is 0.810. The van der Waals surface area contributed by atoms with Crippen LogP contribution in [-0.4, -0.2) is 22.4 Å². The molecule has 0 heterocycles. The van der Waals surface area contributed by atoms with E-state index in [1.54, 1.807) is 5.57 Å². The van der Waals surface area contributed by atoms with Crippen LogP contribution < -0.4 is 0 Å². The van der Waals surface area contributed by atoms with E-state index in [2.05, 4.69) is 26.0 Å². The molecule has 4 rings (SSSR count). The standard InChI is InChI=1S/C21H32O2/c1-13(22)17-6-7-18-16-5-4-14-12-15(23)8-10-20(14,2)19(16)9-11-21(17,18)3/h4,9,13,15-18,22-23H,5-8,10-12H2,1-3H3/t13?,15?,16-,17+,18-,20-,21+/m0/s1. The third-order valence-corrected chi connectivity index (χ3v) is 8.11. The van der Waals surface area contributed by atoms with Crippen molar-refractivity contribution in [3.05, 3.63) is 23.3 Å². The van der Waals surface area contributed by atoms with E-state index < -0.39 is 0 Å². The van der Waals surface area contributed by atoms with Crippen LogP contribution in [0.25, 0.3) is 0 Å². The Morgan fingerprint density at radius 1 is 1.17 bits per heavy atom. The molecule has 0 saturated heterocycles. The van der Waals surface area contributed by atoms with Crippen molar-refractivity contribution in [1.82, 2.24) is 0 Å². The van der Waals surface area contributed by atoms with Gasteiger partial charge in [0.25, 0.3) is 0 Å². The summed E-state index contributed by atoms with van der Waals surface area (Å²) in [6, 6.07) is 0. The summed E-state index contributed by atoms with van der Waals surface area (Å²) in [7, 11) is 0. The van der Waals surface area contributed by atoms with E-state index in [4.69, 9.17) is 0 Å². The zero-order chi connectivity index (χ0) is 16.4. The summed E-state index contributed by atoms with van der Waals surface area (Å²) in [5.74, 6) is 1.85. The molecule has 2 saturated carbocycles. The summed E-state index contributed by atoms with van der Waals surface area (Å²) in [6.07, 6.45) is 12.3. The van der Waals surface area contributed by atoms with Gasteiger partial charge in [0.2, 0.25) is 0 Å². The predicted octanol–water partition coefficient (Wildman–Crippen LogP) is 4.23. The highest BCUT2D eigenvalue weighted by Crippen LogP contribution is 2.64. The first kappa shape index (κ1) is 15.9. The monoisotopic (exact) mass is 316 g/mol. The summed E-state index contributed by atoms with van der Waals surface area (Å²) >= 11 is 0. The van der Waals surface area contributed by atoms with Gasteiger partial charge in [-0.1, -0.05) is 37.1 Å². The summed E-state index contributed by atoms with van der Waals surface area (Å²) < 4.78 is 0. The van der Waals surface area contributed by atoms with Crippen molar-refractivity contribution < 1.29 is 10.2 Å². The Kier molecular flexibility index (Phi) is 3.59. The van der Waals surface area contributed by atoms with Gasteiger partial charge in [-0.2, -0.15) is 0 Å². The first-order valence-corrected chi connectivity index (χ1v) is 9.62. The Hall–Kier alpha value is -0.600. The molecule has 0 radical (unpaired) electrons. The predicted molar refractivity (Wildman–Crippen MR) is 92.9 cm³/mol. The molecular formula is C21H32O2. The lowest BCUT2D eigenvalue weighted by molar-refractivity contribution is 0.0165. The van der Waals surface area contributed by atoms with Gasteiger partial charge in [0.15, 0.2) is 0 Å². The first-order chi connectivity index (χ1) is 10.9. The van der Waals surface area contributed by atoms with E-state index in [1.807, 2.05) is 6.92 Å². The number of aliphatic hydroxyl groups is 2. The molecule has 2 fully saturated rings. The van der Waals surface area contributed by atoms with Crippen molar-refractivity contribution in [2.75, 3.05) is 0 Å². The van der Waals surface area contributed by atoms with Crippen molar-refractivity contribution in [2.45, 2.75) is 77.9 Å². The third-order valence-electron chi connectivity index (χ3n) is 8.11. The van der Waals surface area contributed by atoms with Crippen LogP contribution in [-0.2, 0) is 0 Å². The van der Waals surface area contributed by atoms with Gasteiger partial charge in [0.1, 0.15) is 0 Å². The van der Waals surface area contributed by atoms with E-state index >= 15 is 0 Å². The lowest BCUT2D eigenvalue weighted by atomic mass is 9.51. The molecule has 0 aliphatic heterocycles. The van der Waals surface area contributed by atoms with Crippen LogP contribution in [0.5, 0.6) is 0 Å². The summed E-state index contributed by atoms with van der Waals surface area (Å²) in [4.78, 5) is 0. The molecule has 2 heteroatoms. The second kappa shape index (κ2) is 5.20. The SMILES string of the molecule is CC(O)[C@H]1CC[C@H]2[C@@H]3CC=C4CC(O)CC[C@]4(C)C3=CC[C@]12C.